The highest BCUT2D eigenvalue weighted by atomic mass is 16.5. The summed E-state index contributed by atoms with van der Waals surface area (Å²) in [6.07, 6.45) is 3.63. The van der Waals surface area contributed by atoms with Gasteiger partial charge in [0.15, 0.2) is 11.5 Å². The average Bonchev–Trinajstić information content (AvgIpc) is 2.59. The fourth-order valence-electron chi connectivity index (χ4n) is 1.82. The zero-order chi connectivity index (χ0) is 18.5. The van der Waals surface area contributed by atoms with Gasteiger partial charge in [-0.1, -0.05) is 13.0 Å². The molecule has 1 aromatic carbocycles. The van der Waals surface area contributed by atoms with Gasteiger partial charge in [-0.15, -0.1) is 6.58 Å². The molecule has 0 saturated carbocycles. The van der Waals surface area contributed by atoms with E-state index in [1.165, 1.54) is 12.3 Å². The standard InChI is InChI=1S/C18H25N3O4/c1-4-9-19-17(22)12-18(23)21-20-13-14-7-8-15(25-10-5-2)16(11-14)24-6-3/h4,7-8,11,13H,1,5-6,9-10,12H2,2-3H3,(H,19,22)(H,21,23)/b20-13+. The van der Waals surface area contributed by atoms with Crippen molar-refractivity contribution < 1.29 is 19.1 Å². The van der Waals surface area contributed by atoms with Crippen molar-refractivity contribution in [2.75, 3.05) is 19.8 Å². The van der Waals surface area contributed by atoms with Crippen LogP contribution in [0.2, 0.25) is 0 Å². The van der Waals surface area contributed by atoms with Gasteiger partial charge in [-0.2, -0.15) is 5.10 Å². The summed E-state index contributed by atoms with van der Waals surface area (Å²) in [5.41, 5.74) is 3.05. The highest BCUT2D eigenvalue weighted by Gasteiger charge is 2.08. The van der Waals surface area contributed by atoms with Crippen molar-refractivity contribution in [2.24, 2.45) is 5.10 Å². The number of nitrogens with one attached hydrogen (secondary N) is 2. The Morgan fingerprint density at radius 1 is 1.20 bits per heavy atom. The molecule has 25 heavy (non-hydrogen) atoms. The first-order valence-electron chi connectivity index (χ1n) is 8.19. The third-order valence-electron chi connectivity index (χ3n) is 2.90. The number of benzene rings is 1. The van der Waals surface area contributed by atoms with Crippen LogP contribution in [0.3, 0.4) is 0 Å². The molecule has 0 atom stereocenters. The lowest BCUT2D eigenvalue weighted by molar-refractivity contribution is -0.129. The SMILES string of the molecule is C=CCNC(=O)CC(=O)N/N=C/c1ccc(OCCC)c(OCC)c1. The third kappa shape index (κ3) is 8.01. The number of amides is 2. The molecule has 7 heteroatoms. The van der Waals surface area contributed by atoms with Crippen LogP contribution in [-0.4, -0.2) is 37.8 Å². The minimum absolute atomic E-state index is 0.292. The summed E-state index contributed by atoms with van der Waals surface area (Å²) in [4.78, 5) is 23.0. The molecule has 1 rings (SSSR count). The smallest absolute Gasteiger partial charge is 0.249 e. The largest absolute Gasteiger partial charge is 0.490 e. The number of rotatable bonds is 11. The van der Waals surface area contributed by atoms with E-state index in [1.807, 2.05) is 13.8 Å². The van der Waals surface area contributed by atoms with Crippen LogP contribution in [0.1, 0.15) is 32.3 Å². The molecule has 7 nitrogen and oxygen atoms in total. The lowest BCUT2D eigenvalue weighted by Crippen LogP contribution is -2.29. The lowest BCUT2D eigenvalue weighted by atomic mass is 10.2. The monoisotopic (exact) mass is 347 g/mol. The van der Waals surface area contributed by atoms with Gasteiger partial charge in [0, 0.05) is 6.54 Å². The van der Waals surface area contributed by atoms with Crippen molar-refractivity contribution in [3.8, 4) is 11.5 Å². The van der Waals surface area contributed by atoms with Gasteiger partial charge in [0.1, 0.15) is 6.42 Å². The molecule has 0 aliphatic carbocycles. The number of carbonyl (C=O) groups is 2. The van der Waals surface area contributed by atoms with Gasteiger partial charge in [0.2, 0.25) is 11.8 Å². The van der Waals surface area contributed by atoms with Gasteiger partial charge in [-0.05, 0) is 37.1 Å². The van der Waals surface area contributed by atoms with Gasteiger partial charge in [0.25, 0.3) is 0 Å². The Morgan fingerprint density at radius 3 is 2.68 bits per heavy atom. The summed E-state index contributed by atoms with van der Waals surface area (Å²) < 4.78 is 11.2. The van der Waals surface area contributed by atoms with Crippen LogP contribution < -0.4 is 20.2 Å². The van der Waals surface area contributed by atoms with Crippen LogP contribution in [0.5, 0.6) is 11.5 Å². The van der Waals surface area contributed by atoms with Crippen LogP contribution in [0.25, 0.3) is 0 Å². The van der Waals surface area contributed by atoms with Gasteiger partial charge < -0.3 is 14.8 Å². The van der Waals surface area contributed by atoms with E-state index in [0.717, 1.165) is 12.0 Å². The van der Waals surface area contributed by atoms with Gasteiger partial charge >= 0.3 is 0 Å². The Hall–Kier alpha value is -2.83. The molecule has 0 bridgehead atoms. The van der Waals surface area contributed by atoms with Crippen molar-refractivity contribution in [3.63, 3.8) is 0 Å². The molecule has 0 aliphatic heterocycles. The van der Waals surface area contributed by atoms with E-state index < -0.39 is 5.91 Å². The predicted molar refractivity (Wildman–Crippen MR) is 97.0 cm³/mol. The molecule has 1 aromatic rings. The second kappa shape index (κ2) is 11.7. The molecule has 2 N–H and O–H groups in total. The Balaban J connectivity index is 2.61. The molecule has 136 valence electrons. The van der Waals surface area contributed by atoms with Crippen molar-refractivity contribution in [1.29, 1.82) is 0 Å². The second-order valence-corrected chi connectivity index (χ2v) is 5.05. The van der Waals surface area contributed by atoms with E-state index >= 15 is 0 Å². The molecular weight excluding hydrogens is 322 g/mol. The van der Waals surface area contributed by atoms with E-state index in [2.05, 4.69) is 22.4 Å². The summed E-state index contributed by atoms with van der Waals surface area (Å²) in [6.45, 7) is 8.84. The average molecular weight is 347 g/mol. The summed E-state index contributed by atoms with van der Waals surface area (Å²) in [5, 5.41) is 6.36. The number of hydrogen-bond acceptors (Lipinski definition) is 5. The van der Waals surface area contributed by atoms with Gasteiger partial charge in [-0.25, -0.2) is 5.43 Å². The van der Waals surface area contributed by atoms with Crippen LogP contribution in [0, 0.1) is 0 Å². The molecule has 0 radical (unpaired) electrons. The lowest BCUT2D eigenvalue weighted by Gasteiger charge is -2.11. The molecule has 2 amide bonds. The van der Waals surface area contributed by atoms with E-state index in [9.17, 15) is 9.59 Å². The highest BCUT2D eigenvalue weighted by Crippen LogP contribution is 2.28. The van der Waals surface area contributed by atoms with Gasteiger partial charge in [0.05, 0.1) is 19.4 Å². The maximum Gasteiger partial charge on any atom is 0.249 e. The van der Waals surface area contributed by atoms with Crippen molar-refractivity contribution in [2.45, 2.75) is 26.7 Å². The summed E-state index contributed by atoms with van der Waals surface area (Å²) in [6, 6.07) is 5.38. The van der Waals surface area contributed by atoms with Crippen LogP contribution >= 0.6 is 0 Å². The molecule has 0 saturated heterocycles. The first-order valence-corrected chi connectivity index (χ1v) is 8.19. The van der Waals surface area contributed by atoms with Crippen LogP contribution in [0.15, 0.2) is 36.0 Å². The number of hydrazone groups is 1. The van der Waals surface area contributed by atoms with Crippen LogP contribution in [-0.2, 0) is 9.59 Å². The summed E-state index contributed by atoms with van der Waals surface area (Å²) in [5.74, 6) is 0.410. The predicted octanol–water partition coefficient (Wildman–Crippen LogP) is 2.02. The Labute approximate surface area is 148 Å². The Morgan fingerprint density at radius 2 is 2.00 bits per heavy atom. The normalized spacial score (nSPS) is 10.3. The van der Waals surface area contributed by atoms with Crippen LogP contribution in [0.4, 0.5) is 0 Å². The fourth-order valence-corrected chi connectivity index (χ4v) is 1.82. The van der Waals surface area contributed by atoms with E-state index in [-0.39, 0.29) is 12.3 Å². The number of nitrogens with zero attached hydrogens (tertiary/aromatic N) is 1. The molecule has 0 fully saturated rings. The number of hydrogen-bond donors (Lipinski definition) is 2. The maximum atomic E-state index is 11.6. The first kappa shape index (κ1) is 20.2. The molecule has 0 spiro atoms. The Bertz CT molecular complexity index is 614. The van der Waals surface area contributed by atoms with Crippen molar-refractivity contribution in [3.05, 3.63) is 36.4 Å². The summed E-state index contributed by atoms with van der Waals surface area (Å²) >= 11 is 0. The number of carbonyl (C=O) groups excluding carboxylic acids is 2. The van der Waals surface area contributed by atoms with Crippen molar-refractivity contribution >= 4 is 18.0 Å². The zero-order valence-corrected chi connectivity index (χ0v) is 14.7. The van der Waals surface area contributed by atoms with Gasteiger partial charge in [-0.3, -0.25) is 9.59 Å². The third-order valence-corrected chi connectivity index (χ3v) is 2.90. The quantitative estimate of drug-likeness (QED) is 0.277. The Kier molecular flexibility index (Phi) is 9.43. The molecular formula is C18H25N3O4. The number of ether oxygens (including phenoxy) is 2. The minimum atomic E-state index is -0.495. The van der Waals surface area contributed by atoms with E-state index in [0.29, 0.717) is 31.3 Å². The molecule has 0 unspecified atom stereocenters. The fraction of sp³-hybridized carbons (Fsp3) is 0.389. The maximum absolute atomic E-state index is 11.6. The van der Waals surface area contributed by atoms with E-state index in [4.69, 9.17) is 9.47 Å². The molecule has 0 heterocycles. The topological polar surface area (TPSA) is 89.0 Å². The minimum Gasteiger partial charge on any atom is -0.490 e. The van der Waals surface area contributed by atoms with Crippen molar-refractivity contribution in [1.82, 2.24) is 10.7 Å². The molecule has 0 aromatic heterocycles. The first-order chi connectivity index (χ1) is 12.1. The highest BCUT2D eigenvalue weighted by molar-refractivity contribution is 5.97. The van der Waals surface area contributed by atoms with E-state index in [1.54, 1.807) is 18.2 Å². The summed E-state index contributed by atoms with van der Waals surface area (Å²) in [7, 11) is 0. The second-order valence-electron chi connectivity index (χ2n) is 5.05. The molecule has 0 aliphatic rings. The zero-order valence-electron chi connectivity index (χ0n) is 14.7.